The van der Waals surface area contributed by atoms with Gasteiger partial charge < -0.3 is 19.4 Å². The summed E-state index contributed by atoms with van der Waals surface area (Å²) in [5.74, 6) is 2.75. The van der Waals surface area contributed by atoms with Gasteiger partial charge in [0.15, 0.2) is 0 Å². The minimum atomic E-state index is -0.0353. The van der Waals surface area contributed by atoms with Gasteiger partial charge in [0.25, 0.3) is 0 Å². The van der Waals surface area contributed by atoms with E-state index in [1.807, 2.05) is 83.4 Å². The van der Waals surface area contributed by atoms with E-state index in [9.17, 15) is 4.79 Å². The van der Waals surface area contributed by atoms with E-state index >= 15 is 0 Å². The molecule has 0 saturated heterocycles. The first-order chi connectivity index (χ1) is 16.2. The Balaban J connectivity index is 1.35. The summed E-state index contributed by atoms with van der Waals surface area (Å²) in [6.07, 6.45) is 2.25. The maximum absolute atomic E-state index is 13.2. The second-order valence-corrected chi connectivity index (χ2v) is 8.36. The van der Waals surface area contributed by atoms with E-state index < -0.39 is 0 Å². The van der Waals surface area contributed by atoms with Crippen LogP contribution in [0.5, 0.6) is 11.5 Å². The highest BCUT2D eigenvalue weighted by molar-refractivity contribution is 5.81. The molecule has 1 amide bonds. The summed E-state index contributed by atoms with van der Waals surface area (Å²) in [6.45, 7) is 0.476. The third-order valence-electron chi connectivity index (χ3n) is 6.03. The molecule has 3 aromatic carbocycles. The van der Waals surface area contributed by atoms with Crippen molar-refractivity contribution in [1.29, 1.82) is 0 Å². The van der Waals surface area contributed by atoms with Gasteiger partial charge >= 0.3 is 0 Å². The maximum Gasteiger partial charge on any atom is 0.240 e. The normalized spacial score (nSPS) is 14.1. The number of aromatic nitrogens is 2. The Morgan fingerprint density at radius 1 is 1.00 bits per heavy atom. The van der Waals surface area contributed by atoms with Crippen LogP contribution >= 0.6 is 0 Å². The fourth-order valence-electron chi connectivity index (χ4n) is 4.15. The highest BCUT2D eigenvalue weighted by atomic mass is 16.5. The zero-order valence-corrected chi connectivity index (χ0v) is 18.6. The third-order valence-corrected chi connectivity index (χ3v) is 6.03. The predicted octanol–water partition coefficient (Wildman–Crippen LogP) is 4.89. The van der Waals surface area contributed by atoms with Crippen LogP contribution in [0.4, 0.5) is 0 Å². The zero-order chi connectivity index (χ0) is 22.6. The smallest absolute Gasteiger partial charge is 0.240 e. The number of para-hydroxylation sites is 3. The van der Waals surface area contributed by atoms with Crippen molar-refractivity contribution in [3.63, 3.8) is 0 Å². The van der Waals surface area contributed by atoms with Crippen LogP contribution in [0.3, 0.4) is 0 Å². The lowest BCUT2D eigenvalue weighted by Crippen LogP contribution is -2.33. The molecule has 6 heteroatoms. The molecule has 0 aliphatic heterocycles. The van der Waals surface area contributed by atoms with E-state index in [1.165, 1.54) is 0 Å². The molecule has 1 saturated carbocycles. The molecule has 0 radical (unpaired) electrons. The molecular formula is C27H27N3O3. The highest BCUT2D eigenvalue weighted by Gasteiger charge is 2.33. The topological polar surface area (TPSA) is 65.4 Å². The number of carbonyl (C=O) groups excluding carboxylic acids is 1. The van der Waals surface area contributed by atoms with Gasteiger partial charge in [-0.05, 0) is 60.7 Å². The summed E-state index contributed by atoms with van der Waals surface area (Å²) in [6, 6.07) is 25.5. The highest BCUT2D eigenvalue weighted by Crippen LogP contribution is 2.41. The van der Waals surface area contributed by atoms with Gasteiger partial charge in [0.2, 0.25) is 5.91 Å². The number of benzene rings is 3. The number of hydrogen-bond acceptors (Lipinski definition) is 4. The maximum atomic E-state index is 13.2. The number of nitrogens with zero attached hydrogens (tertiary/aromatic N) is 2. The summed E-state index contributed by atoms with van der Waals surface area (Å²) < 4.78 is 13.2. The molecular weight excluding hydrogens is 414 g/mol. The first kappa shape index (κ1) is 21.1. The van der Waals surface area contributed by atoms with E-state index in [0.717, 1.165) is 46.8 Å². The SMILES string of the molecule is COc1ccc(C(NC(=O)Cn2c(COc3ccccc3)nc3ccccc32)C2CC2)cc1. The summed E-state index contributed by atoms with van der Waals surface area (Å²) in [4.78, 5) is 17.9. The summed E-state index contributed by atoms with van der Waals surface area (Å²) in [7, 11) is 1.66. The summed E-state index contributed by atoms with van der Waals surface area (Å²) in [5.41, 5.74) is 2.88. The number of nitrogens with one attached hydrogen (secondary N) is 1. The number of rotatable bonds is 9. The molecule has 0 bridgehead atoms. The van der Waals surface area contributed by atoms with Crippen molar-refractivity contribution < 1.29 is 14.3 Å². The second-order valence-electron chi connectivity index (χ2n) is 8.36. The monoisotopic (exact) mass is 441 g/mol. The fourth-order valence-corrected chi connectivity index (χ4v) is 4.15. The number of fused-ring (bicyclic) bond motifs is 1. The van der Waals surface area contributed by atoms with E-state index in [4.69, 9.17) is 14.5 Å². The van der Waals surface area contributed by atoms with Crippen LogP contribution in [0.2, 0.25) is 0 Å². The average Bonchev–Trinajstić information content (AvgIpc) is 3.65. The van der Waals surface area contributed by atoms with E-state index in [1.54, 1.807) is 7.11 Å². The average molecular weight is 442 g/mol. The number of imidazole rings is 1. The van der Waals surface area contributed by atoms with Gasteiger partial charge in [0.1, 0.15) is 30.5 Å². The Labute approximate surface area is 193 Å². The predicted molar refractivity (Wildman–Crippen MR) is 127 cm³/mol. The molecule has 1 aromatic heterocycles. The zero-order valence-electron chi connectivity index (χ0n) is 18.6. The van der Waals surface area contributed by atoms with Crippen molar-refractivity contribution in [3.05, 3.63) is 90.3 Å². The van der Waals surface area contributed by atoms with Crippen LogP contribution in [0.1, 0.15) is 30.3 Å². The molecule has 1 fully saturated rings. The standard InChI is InChI=1S/C27H27N3O3/c1-32-21-15-13-20(14-16-21)27(19-11-12-19)29-26(31)17-30-24-10-6-5-9-23(24)28-25(30)18-33-22-7-3-2-4-8-22/h2-10,13-16,19,27H,11-12,17-18H2,1H3,(H,29,31). The number of methoxy groups -OCH3 is 1. The van der Waals surface area contributed by atoms with E-state index in [2.05, 4.69) is 5.32 Å². The number of ether oxygens (including phenoxy) is 2. The molecule has 168 valence electrons. The Bertz CT molecular complexity index is 1230. The van der Waals surface area contributed by atoms with Crippen LogP contribution in [-0.2, 0) is 17.9 Å². The van der Waals surface area contributed by atoms with Crippen molar-refractivity contribution in [2.45, 2.75) is 32.0 Å². The Morgan fingerprint density at radius 2 is 1.73 bits per heavy atom. The molecule has 4 aromatic rings. The van der Waals surface area contributed by atoms with Crippen LogP contribution in [0.25, 0.3) is 11.0 Å². The lowest BCUT2D eigenvalue weighted by Gasteiger charge is -2.20. The van der Waals surface area contributed by atoms with Gasteiger partial charge in [-0.25, -0.2) is 4.98 Å². The van der Waals surface area contributed by atoms with Gasteiger partial charge in [0, 0.05) is 0 Å². The Kier molecular flexibility index (Phi) is 5.98. The van der Waals surface area contributed by atoms with E-state index in [0.29, 0.717) is 5.92 Å². The summed E-state index contributed by atoms with van der Waals surface area (Å²) in [5, 5.41) is 3.27. The van der Waals surface area contributed by atoms with Crippen LogP contribution < -0.4 is 14.8 Å². The molecule has 1 aliphatic carbocycles. The Hall–Kier alpha value is -3.80. The lowest BCUT2D eigenvalue weighted by atomic mass is 10.0. The van der Waals surface area contributed by atoms with Crippen LogP contribution in [-0.4, -0.2) is 22.6 Å². The molecule has 1 heterocycles. The van der Waals surface area contributed by atoms with Crippen LogP contribution in [0.15, 0.2) is 78.9 Å². The molecule has 1 aliphatic rings. The molecule has 6 nitrogen and oxygen atoms in total. The van der Waals surface area contributed by atoms with Gasteiger partial charge in [0.05, 0.1) is 24.2 Å². The molecule has 5 rings (SSSR count). The molecule has 1 N–H and O–H groups in total. The lowest BCUT2D eigenvalue weighted by molar-refractivity contribution is -0.122. The van der Waals surface area contributed by atoms with Gasteiger partial charge in [-0.1, -0.05) is 42.5 Å². The van der Waals surface area contributed by atoms with Gasteiger partial charge in [-0.3, -0.25) is 4.79 Å². The molecule has 1 atom stereocenters. The minimum Gasteiger partial charge on any atom is -0.497 e. The number of hydrogen-bond donors (Lipinski definition) is 1. The largest absolute Gasteiger partial charge is 0.497 e. The van der Waals surface area contributed by atoms with Crippen molar-refractivity contribution in [2.75, 3.05) is 7.11 Å². The fraction of sp³-hybridized carbons (Fsp3) is 0.259. The van der Waals surface area contributed by atoms with E-state index in [-0.39, 0.29) is 25.1 Å². The van der Waals surface area contributed by atoms with Crippen molar-refractivity contribution in [3.8, 4) is 11.5 Å². The number of carbonyl (C=O) groups is 1. The van der Waals surface area contributed by atoms with Gasteiger partial charge in [-0.2, -0.15) is 0 Å². The van der Waals surface area contributed by atoms with Crippen LogP contribution in [0, 0.1) is 5.92 Å². The van der Waals surface area contributed by atoms with Crippen molar-refractivity contribution in [2.24, 2.45) is 5.92 Å². The molecule has 0 spiro atoms. The first-order valence-corrected chi connectivity index (χ1v) is 11.3. The molecule has 33 heavy (non-hydrogen) atoms. The first-order valence-electron chi connectivity index (χ1n) is 11.3. The third kappa shape index (κ3) is 4.85. The van der Waals surface area contributed by atoms with Crippen molar-refractivity contribution in [1.82, 2.24) is 14.9 Å². The minimum absolute atomic E-state index is 0.00205. The quantitative estimate of drug-likeness (QED) is 0.402. The van der Waals surface area contributed by atoms with Crippen molar-refractivity contribution >= 4 is 16.9 Å². The summed E-state index contributed by atoms with van der Waals surface area (Å²) >= 11 is 0. The Morgan fingerprint density at radius 3 is 2.45 bits per heavy atom. The molecule has 1 unspecified atom stereocenters. The number of amides is 1. The second kappa shape index (κ2) is 9.36. The van der Waals surface area contributed by atoms with Gasteiger partial charge in [-0.15, -0.1) is 0 Å².